The molecule has 0 spiro atoms. The van der Waals surface area contributed by atoms with Crippen LogP contribution in [0.25, 0.3) is 0 Å². The predicted octanol–water partition coefficient (Wildman–Crippen LogP) is 4.68. The largest absolute Gasteiger partial charge is 0.392 e. The highest BCUT2D eigenvalue weighted by Crippen LogP contribution is 2.67. The van der Waals surface area contributed by atoms with Crippen molar-refractivity contribution in [3.8, 4) is 0 Å². The first kappa shape index (κ1) is 21.5. The standard InChI is InChI=1S/C28H32O4/c1-27-16-24(19-5-3-18(17-30)4-6-19)26-22-10-8-21(31)15-20(22)7-9-23(26)25(27)11-13-28(27,32)12-2-14-29/h2-6,12,15,17,23-25,29,32H,7-11,13-14,16H2,1H3/b12-2+/t23-,24+,25-,27-,28-/m0/s1. The number of aldehydes is 1. The van der Waals surface area contributed by atoms with Crippen molar-refractivity contribution in [1.82, 2.24) is 0 Å². The van der Waals surface area contributed by atoms with Gasteiger partial charge in [0.2, 0.25) is 0 Å². The normalized spacial score (nSPS) is 36.5. The average Bonchev–Trinajstić information content (AvgIpc) is 3.07. The van der Waals surface area contributed by atoms with Gasteiger partial charge in [0.15, 0.2) is 5.78 Å². The number of carbonyl (C=O) groups is 2. The Hall–Kier alpha value is -2.30. The van der Waals surface area contributed by atoms with Gasteiger partial charge >= 0.3 is 0 Å². The smallest absolute Gasteiger partial charge is 0.156 e. The Balaban J connectivity index is 1.66. The van der Waals surface area contributed by atoms with E-state index in [1.807, 2.05) is 24.3 Å². The summed E-state index contributed by atoms with van der Waals surface area (Å²) in [6.45, 7) is 2.16. The van der Waals surface area contributed by atoms with E-state index in [2.05, 4.69) is 19.1 Å². The van der Waals surface area contributed by atoms with Gasteiger partial charge in [-0.2, -0.15) is 0 Å². The fourth-order valence-corrected chi connectivity index (χ4v) is 7.33. The summed E-state index contributed by atoms with van der Waals surface area (Å²) in [4.78, 5) is 23.3. The van der Waals surface area contributed by atoms with Gasteiger partial charge in [0, 0.05) is 23.3 Å². The van der Waals surface area contributed by atoms with E-state index in [0.29, 0.717) is 30.2 Å². The summed E-state index contributed by atoms with van der Waals surface area (Å²) in [7, 11) is 0. The van der Waals surface area contributed by atoms with Gasteiger partial charge < -0.3 is 10.2 Å². The fourth-order valence-electron chi connectivity index (χ4n) is 7.33. The molecule has 0 aliphatic heterocycles. The van der Waals surface area contributed by atoms with Crippen molar-refractivity contribution < 1.29 is 19.8 Å². The van der Waals surface area contributed by atoms with Crippen LogP contribution in [0.15, 0.2) is 59.2 Å². The Labute approximate surface area is 189 Å². The summed E-state index contributed by atoms with van der Waals surface area (Å²) >= 11 is 0. The molecule has 0 bridgehead atoms. The number of ketones is 1. The van der Waals surface area contributed by atoms with Crippen LogP contribution in [0, 0.1) is 17.3 Å². The molecule has 4 aliphatic rings. The molecule has 0 unspecified atom stereocenters. The summed E-state index contributed by atoms with van der Waals surface area (Å²) in [5, 5.41) is 21.1. The van der Waals surface area contributed by atoms with Crippen molar-refractivity contribution >= 4 is 12.1 Å². The van der Waals surface area contributed by atoms with Crippen molar-refractivity contribution in [2.45, 2.75) is 63.4 Å². The first-order chi connectivity index (χ1) is 15.4. The van der Waals surface area contributed by atoms with E-state index in [0.717, 1.165) is 38.4 Å². The molecule has 2 N–H and O–H groups in total. The zero-order valence-electron chi connectivity index (χ0n) is 18.7. The van der Waals surface area contributed by atoms with Gasteiger partial charge in [0.05, 0.1) is 12.2 Å². The maximum atomic E-state index is 12.1. The van der Waals surface area contributed by atoms with E-state index in [-0.39, 0.29) is 23.7 Å². The van der Waals surface area contributed by atoms with Crippen LogP contribution in [0.2, 0.25) is 0 Å². The first-order valence-corrected chi connectivity index (χ1v) is 11.9. The van der Waals surface area contributed by atoms with Crippen LogP contribution >= 0.6 is 0 Å². The lowest BCUT2D eigenvalue weighted by Gasteiger charge is -2.54. The number of aliphatic hydroxyl groups is 2. The lowest BCUT2D eigenvalue weighted by atomic mass is 9.51. The molecule has 168 valence electrons. The second-order valence-electron chi connectivity index (χ2n) is 10.3. The minimum absolute atomic E-state index is 0.0689. The Kier molecular flexibility index (Phi) is 5.34. The maximum absolute atomic E-state index is 12.1. The summed E-state index contributed by atoms with van der Waals surface area (Å²) in [6.07, 6.45) is 12.1. The second-order valence-corrected chi connectivity index (χ2v) is 10.3. The van der Waals surface area contributed by atoms with Crippen LogP contribution < -0.4 is 0 Å². The van der Waals surface area contributed by atoms with Crippen LogP contribution in [-0.2, 0) is 4.79 Å². The molecule has 0 heterocycles. The van der Waals surface area contributed by atoms with Crippen LogP contribution in [0.1, 0.15) is 73.7 Å². The molecule has 1 aromatic carbocycles. The van der Waals surface area contributed by atoms with Gasteiger partial charge in [-0.05, 0) is 73.1 Å². The average molecular weight is 433 g/mol. The van der Waals surface area contributed by atoms with Gasteiger partial charge in [-0.1, -0.05) is 48.9 Å². The zero-order chi connectivity index (χ0) is 22.5. The van der Waals surface area contributed by atoms with E-state index < -0.39 is 5.60 Å². The first-order valence-electron chi connectivity index (χ1n) is 11.9. The minimum atomic E-state index is -0.934. The lowest BCUT2D eigenvalue weighted by Crippen LogP contribution is -2.50. The molecule has 1 aromatic rings. The quantitative estimate of drug-likeness (QED) is 0.535. The summed E-state index contributed by atoms with van der Waals surface area (Å²) in [5.41, 5.74) is 4.70. The molecular formula is C28H32O4. The van der Waals surface area contributed by atoms with Crippen molar-refractivity contribution in [1.29, 1.82) is 0 Å². The molecule has 5 atom stereocenters. The van der Waals surface area contributed by atoms with E-state index in [9.17, 15) is 19.8 Å². The van der Waals surface area contributed by atoms with Crippen molar-refractivity contribution in [2.75, 3.05) is 6.61 Å². The summed E-state index contributed by atoms with van der Waals surface area (Å²) < 4.78 is 0. The lowest BCUT2D eigenvalue weighted by molar-refractivity contribution is -0.114. The number of carbonyl (C=O) groups excluding carboxylic acids is 2. The van der Waals surface area contributed by atoms with E-state index in [1.54, 1.807) is 6.08 Å². The highest BCUT2D eigenvalue weighted by Gasteiger charge is 2.61. The maximum Gasteiger partial charge on any atom is 0.156 e. The van der Waals surface area contributed by atoms with Crippen LogP contribution in [0.4, 0.5) is 0 Å². The van der Waals surface area contributed by atoms with Gasteiger partial charge in [-0.3, -0.25) is 9.59 Å². The van der Waals surface area contributed by atoms with Crippen molar-refractivity contribution in [3.63, 3.8) is 0 Å². The van der Waals surface area contributed by atoms with Gasteiger partial charge in [-0.25, -0.2) is 0 Å². The molecule has 0 saturated heterocycles. The zero-order valence-corrected chi connectivity index (χ0v) is 18.7. The number of aliphatic hydroxyl groups excluding tert-OH is 1. The molecule has 0 aromatic heterocycles. The molecule has 4 heteroatoms. The number of rotatable bonds is 4. The number of benzene rings is 1. The third-order valence-corrected chi connectivity index (χ3v) is 8.92. The number of hydrogen-bond donors (Lipinski definition) is 2. The monoisotopic (exact) mass is 432 g/mol. The Morgan fingerprint density at radius 1 is 1.12 bits per heavy atom. The third-order valence-electron chi connectivity index (χ3n) is 8.92. The van der Waals surface area contributed by atoms with Crippen LogP contribution in [0.5, 0.6) is 0 Å². The molecule has 4 aliphatic carbocycles. The molecular weight excluding hydrogens is 400 g/mol. The van der Waals surface area contributed by atoms with Crippen LogP contribution in [0.3, 0.4) is 0 Å². The van der Waals surface area contributed by atoms with Crippen LogP contribution in [-0.4, -0.2) is 34.5 Å². The Bertz CT molecular complexity index is 1030. The van der Waals surface area contributed by atoms with E-state index in [4.69, 9.17) is 0 Å². The predicted molar refractivity (Wildman–Crippen MR) is 123 cm³/mol. The Morgan fingerprint density at radius 2 is 1.91 bits per heavy atom. The van der Waals surface area contributed by atoms with E-state index in [1.165, 1.54) is 22.3 Å². The fraction of sp³-hybridized carbons (Fsp3) is 0.500. The summed E-state index contributed by atoms with van der Waals surface area (Å²) in [5.74, 6) is 1.16. The molecule has 5 rings (SSSR count). The second kappa shape index (κ2) is 7.93. The highest BCUT2D eigenvalue weighted by atomic mass is 16.3. The molecule has 32 heavy (non-hydrogen) atoms. The molecule has 0 radical (unpaired) electrons. The molecule has 2 fully saturated rings. The highest BCUT2D eigenvalue weighted by molar-refractivity contribution is 5.93. The number of hydrogen-bond acceptors (Lipinski definition) is 4. The minimum Gasteiger partial charge on any atom is -0.392 e. The SMILES string of the molecule is C[C@]12C[C@H](c3ccc(C=O)cc3)C3=C4CCC(=O)C=C4CC[C@H]3[C@@H]1CC[C@@]2(O)/C=C/CO. The summed E-state index contributed by atoms with van der Waals surface area (Å²) in [6, 6.07) is 7.89. The number of fused-ring (bicyclic) bond motifs is 4. The molecule has 2 saturated carbocycles. The Morgan fingerprint density at radius 3 is 2.62 bits per heavy atom. The van der Waals surface area contributed by atoms with Gasteiger partial charge in [-0.15, -0.1) is 0 Å². The third kappa shape index (κ3) is 3.19. The molecule has 4 nitrogen and oxygen atoms in total. The topological polar surface area (TPSA) is 74.6 Å². The van der Waals surface area contributed by atoms with Crippen molar-refractivity contribution in [2.24, 2.45) is 17.3 Å². The molecule has 0 amide bonds. The van der Waals surface area contributed by atoms with Crippen molar-refractivity contribution in [3.05, 3.63) is 70.3 Å². The number of allylic oxidation sites excluding steroid dienone is 4. The van der Waals surface area contributed by atoms with E-state index >= 15 is 0 Å². The van der Waals surface area contributed by atoms with Gasteiger partial charge in [0.25, 0.3) is 0 Å². The van der Waals surface area contributed by atoms with Gasteiger partial charge in [0.1, 0.15) is 6.29 Å².